The number of carbonyl (C=O) groups is 2. The molecule has 2 amide bonds. The number of nitrogens with zero attached hydrogens (tertiary/aromatic N) is 2. The summed E-state index contributed by atoms with van der Waals surface area (Å²) in [6.45, 7) is 2.86. The fraction of sp³-hybridized carbons (Fsp3) is 0.429. The van der Waals surface area contributed by atoms with Gasteiger partial charge in [0, 0.05) is 38.8 Å². The average molecular weight is 279 g/mol. The Morgan fingerprint density at radius 3 is 2.70 bits per heavy atom. The third kappa shape index (κ3) is 3.54. The van der Waals surface area contributed by atoms with E-state index >= 15 is 0 Å². The summed E-state index contributed by atoms with van der Waals surface area (Å²) >= 11 is 0. The van der Waals surface area contributed by atoms with Crippen LogP contribution in [0, 0.1) is 5.82 Å². The second-order valence-electron chi connectivity index (χ2n) is 4.80. The van der Waals surface area contributed by atoms with E-state index in [9.17, 15) is 14.0 Å². The largest absolute Gasteiger partial charge is 0.339 e. The van der Waals surface area contributed by atoms with Crippen molar-refractivity contribution in [2.24, 2.45) is 0 Å². The molecule has 1 N–H and O–H groups in total. The number of nitrogens with one attached hydrogen (secondary N) is 1. The van der Waals surface area contributed by atoms with E-state index in [4.69, 9.17) is 0 Å². The zero-order valence-corrected chi connectivity index (χ0v) is 11.4. The van der Waals surface area contributed by atoms with E-state index in [1.807, 2.05) is 0 Å². The van der Waals surface area contributed by atoms with E-state index in [0.29, 0.717) is 13.1 Å². The molecule has 1 aliphatic rings. The molecule has 108 valence electrons. The van der Waals surface area contributed by atoms with Crippen LogP contribution in [0.5, 0.6) is 0 Å². The lowest BCUT2D eigenvalue weighted by Gasteiger charge is -2.29. The maximum atomic E-state index is 13.1. The zero-order chi connectivity index (χ0) is 14.5. The molecule has 1 saturated heterocycles. The second-order valence-corrected chi connectivity index (χ2v) is 4.80. The lowest BCUT2D eigenvalue weighted by molar-refractivity contribution is -0.132. The molecule has 2 rings (SSSR count). The Kier molecular flexibility index (Phi) is 4.68. The van der Waals surface area contributed by atoms with Gasteiger partial charge < -0.3 is 15.1 Å². The van der Waals surface area contributed by atoms with Gasteiger partial charge in [0.25, 0.3) is 5.91 Å². The topological polar surface area (TPSA) is 52.7 Å². The van der Waals surface area contributed by atoms with Crippen LogP contribution in [-0.2, 0) is 4.79 Å². The number of halogens is 1. The van der Waals surface area contributed by atoms with Gasteiger partial charge in [-0.05, 0) is 18.2 Å². The third-order valence-corrected chi connectivity index (χ3v) is 3.26. The van der Waals surface area contributed by atoms with Gasteiger partial charge in [0.15, 0.2) is 0 Å². The van der Waals surface area contributed by atoms with Crippen molar-refractivity contribution in [1.82, 2.24) is 15.1 Å². The van der Waals surface area contributed by atoms with Gasteiger partial charge in [0.05, 0.1) is 6.54 Å². The number of benzene rings is 1. The summed E-state index contributed by atoms with van der Waals surface area (Å²) in [6.07, 6.45) is 0. The fourth-order valence-electron chi connectivity index (χ4n) is 2.13. The molecule has 6 heteroatoms. The van der Waals surface area contributed by atoms with E-state index in [1.165, 1.54) is 29.2 Å². The van der Waals surface area contributed by atoms with Crippen molar-refractivity contribution < 1.29 is 14.0 Å². The number of rotatable bonds is 3. The summed E-state index contributed by atoms with van der Waals surface area (Å²) in [6, 6.07) is 5.47. The van der Waals surface area contributed by atoms with Crippen LogP contribution >= 0.6 is 0 Å². The smallest absolute Gasteiger partial charge is 0.254 e. The summed E-state index contributed by atoms with van der Waals surface area (Å²) in [5, 5.41) is 3.16. The SMILES string of the molecule is CN(CC(=O)N1CCNCC1)C(=O)c1cccc(F)c1. The van der Waals surface area contributed by atoms with Gasteiger partial charge in [-0.3, -0.25) is 9.59 Å². The third-order valence-electron chi connectivity index (χ3n) is 3.26. The Balaban J connectivity index is 1.95. The van der Waals surface area contributed by atoms with E-state index in [2.05, 4.69) is 5.32 Å². The predicted molar refractivity (Wildman–Crippen MR) is 72.8 cm³/mol. The second kappa shape index (κ2) is 6.47. The summed E-state index contributed by atoms with van der Waals surface area (Å²) in [7, 11) is 1.55. The van der Waals surface area contributed by atoms with Gasteiger partial charge in [0.1, 0.15) is 5.82 Å². The van der Waals surface area contributed by atoms with Crippen LogP contribution in [0.2, 0.25) is 0 Å². The fourth-order valence-corrected chi connectivity index (χ4v) is 2.13. The van der Waals surface area contributed by atoms with E-state index < -0.39 is 5.82 Å². The van der Waals surface area contributed by atoms with Crippen LogP contribution in [0.15, 0.2) is 24.3 Å². The van der Waals surface area contributed by atoms with Crippen LogP contribution in [0.3, 0.4) is 0 Å². The number of amides is 2. The van der Waals surface area contributed by atoms with Crippen molar-refractivity contribution in [3.63, 3.8) is 0 Å². The molecule has 1 aromatic rings. The highest BCUT2D eigenvalue weighted by molar-refractivity contribution is 5.96. The molecule has 0 bridgehead atoms. The van der Waals surface area contributed by atoms with Gasteiger partial charge in [-0.1, -0.05) is 6.07 Å². The zero-order valence-electron chi connectivity index (χ0n) is 11.4. The molecule has 1 heterocycles. The Hall–Kier alpha value is -1.95. The molecule has 0 aromatic heterocycles. The molecular weight excluding hydrogens is 261 g/mol. The van der Waals surface area contributed by atoms with Crippen molar-refractivity contribution in [2.75, 3.05) is 39.8 Å². The van der Waals surface area contributed by atoms with Gasteiger partial charge >= 0.3 is 0 Å². The van der Waals surface area contributed by atoms with Crippen LogP contribution < -0.4 is 5.32 Å². The van der Waals surface area contributed by atoms with Crippen LogP contribution in [0.4, 0.5) is 4.39 Å². The molecule has 1 fully saturated rings. The Morgan fingerprint density at radius 1 is 1.35 bits per heavy atom. The van der Waals surface area contributed by atoms with E-state index in [-0.39, 0.29) is 23.9 Å². The number of hydrogen-bond donors (Lipinski definition) is 1. The minimum Gasteiger partial charge on any atom is -0.339 e. The van der Waals surface area contributed by atoms with Gasteiger partial charge in [-0.2, -0.15) is 0 Å². The first-order valence-corrected chi connectivity index (χ1v) is 6.57. The quantitative estimate of drug-likeness (QED) is 0.867. The molecule has 0 aliphatic carbocycles. The molecule has 5 nitrogen and oxygen atoms in total. The Bertz CT molecular complexity index is 501. The minimum absolute atomic E-state index is 0.00927. The maximum absolute atomic E-state index is 13.1. The Labute approximate surface area is 117 Å². The standard InChI is InChI=1S/C14H18FN3O2/c1-17(10-13(19)18-7-5-16-6-8-18)14(20)11-3-2-4-12(15)9-11/h2-4,9,16H,5-8,10H2,1H3. The average Bonchev–Trinajstić information content (AvgIpc) is 2.47. The molecule has 1 aromatic carbocycles. The van der Waals surface area contributed by atoms with Gasteiger partial charge in [-0.15, -0.1) is 0 Å². The molecular formula is C14H18FN3O2. The highest BCUT2D eigenvalue weighted by atomic mass is 19.1. The monoisotopic (exact) mass is 279 g/mol. The predicted octanol–water partition coefficient (Wildman–Crippen LogP) is 0.330. The molecule has 20 heavy (non-hydrogen) atoms. The molecule has 0 radical (unpaired) electrons. The van der Waals surface area contributed by atoms with Crippen molar-refractivity contribution in [3.05, 3.63) is 35.6 Å². The lowest BCUT2D eigenvalue weighted by Crippen LogP contribution is -2.49. The normalized spacial score (nSPS) is 15.0. The minimum atomic E-state index is -0.460. The summed E-state index contributed by atoms with van der Waals surface area (Å²) < 4.78 is 13.1. The van der Waals surface area contributed by atoms with Crippen LogP contribution in [0.25, 0.3) is 0 Å². The van der Waals surface area contributed by atoms with Crippen molar-refractivity contribution in [2.45, 2.75) is 0 Å². The first kappa shape index (κ1) is 14.5. The summed E-state index contributed by atoms with van der Waals surface area (Å²) in [5.41, 5.74) is 0.251. The van der Waals surface area contributed by atoms with Crippen molar-refractivity contribution in [1.29, 1.82) is 0 Å². The maximum Gasteiger partial charge on any atom is 0.254 e. The van der Waals surface area contributed by atoms with Crippen LogP contribution in [-0.4, -0.2) is 61.4 Å². The highest BCUT2D eigenvalue weighted by Crippen LogP contribution is 2.07. The van der Waals surface area contributed by atoms with Gasteiger partial charge in [-0.25, -0.2) is 4.39 Å². The number of piperazine rings is 1. The van der Waals surface area contributed by atoms with Crippen LogP contribution in [0.1, 0.15) is 10.4 Å². The highest BCUT2D eigenvalue weighted by Gasteiger charge is 2.20. The first-order valence-electron chi connectivity index (χ1n) is 6.57. The first-order chi connectivity index (χ1) is 9.58. The number of likely N-dealkylation sites (N-methyl/N-ethyl adjacent to an activating group) is 1. The lowest BCUT2D eigenvalue weighted by atomic mass is 10.2. The van der Waals surface area contributed by atoms with Crippen molar-refractivity contribution in [3.8, 4) is 0 Å². The van der Waals surface area contributed by atoms with E-state index in [1.54, 1.807) is 11.9 Å². The summed E-state index contributed by atoms with van der Waals surface area (Å²) in [5.74, 6) is -0.899. The number of hydrogen-bond acceptors (Lipinski definition) is 3. The molecule has 0 unspecified atom stereocenters. The van der Waals surface area contributed by atoms with Crippen molar-refractivity contribution >= 4 is 11.8 Å². The molecule has 0 atom stereocenters. The molecule has 0 spiro atoms. The number of carbonyl (C=O) groups excluding carboxylic acids is 2. The summed E-state index contributed by atoms with van der Waals surface area (Å²) in [4.78, 5) is 27.2. The molecule has 1 aliphatic heterocycles. The molecule has 0 saturated carbocycles. The van der Waals surface area contributed by atoms with E-state index in [0.717, 1.165) is 13.1 Å². The van der Waals surface area contributed by atoms with Gasteiger partial charge in [0.2, 0.25) is 5.91 Å². The Morgan fingerprint density at radius 2 is 2.05 bits per heavy atom.